The Bertz CT molecular complexity index is 1700. The number of ether oxygens (including phenoxy) is 3. The fourth-order valence-corrected chi connectivity index (χ4v) is 5.85. The van der Waals surface area contributed by atoms with Gasteiger partial charge in [-0.3, -0.25) is 4.79 Å². The van der Waals surface area contributed by atoms with Crippen LogP contribution in [0.3, 0.4) is 0 Å². The van der Waals surface area contributed by atoms with E-state index in [1.165, 1.54) is 28.0 Å². The molecular weight excluding hydrogens is 560 g/mol. The van der Waals surface area contributed by atoms with Crippen LogP contribution in [0.5, 0.6) is 17.2 Å². The van der Waals surface area contributed by atoms with Crippen LogP contribution in [-0.2, 0) is 16.4 Å². The van der Waals surface area contributed by atoms with Crippen molar-refractivity contribution in [2.24, 2.45) is 0 Å². The number of aromatic nitrogens is 5. The zero-order valence-electron chi connectivity index (χ0n) is 24.9. The molecule has 0 saturated carbocycles. The van der Waals surface area contributed by atoms with Crippen LogP contribution in [-0.4, -0.2) is 71.9 Å². The first kappa shape index (κ1) is 31.0. The Morgan fingerprint density at radius 2 is 1.76 bits per heavy atom. The maximum atomic E-state index is 13.6. The summed E-state index contributed by atoms with van der Waals surface area (Å²) in [6.07, 6.45) is 3.36. The second-order valence-corrected chi connectivity index (χ2v) is 12.0. The van der Waals surface area contributed by atoms with E-state index in [0.29, 0.717) is 41.7 Å². The molecule has 12 nitrogen and oxygen atoms in total. The maximum Gasteiger partial charge on any atom is 0.296 e. The van der Waals surface area contributed by atoms with E-state index in [-0.39, 0.29) is 28.8 Å². The zero-order chi connectivity index (χ0) is 30.4. The van der Waals surface area contributed by atoms with Crippen molar-refractivity contribution in [1.82, 2.24) is 29.1 Å². The lowest BCUT2D eigenvalue weighted by atomic mass is 10.0. The van der Waals surface area contributed by atoms with E-state index in [2.05, 4.69) is 27.2 Å². The summed E-state index contributed by atoms with van der Waals surface area (Å²) >= 11 is 0. The average molecular weight is 599 g/mol. The van der Waals surface area contributed by atoms with Crippen molar-refractivity contribution in [1.29, 1.82) is 0 Å². The standard InChI is InChI=1S/C29H38N6O6S/c1-7-9-10-19(3)27-31-32-28-29(36)30-26(33-35(27)28)22-18-21(12-14-23(22)41-8-2)42(37,38)34(4)16-15-20-11-13-24(39-5)25(17-20)40-6/h11-14,17-19H,7-10,15-16H2,1-6H3,(H,30,33,36). The molecule has 0 radical (unpaired) electrons. The molecule has 0 aliphatic rings. The van der Waals surface area contributed by atoms with Crippen LogP contribution in [0.1, 0.15) is 57.3 Å². The summed E-state index contributed by atoms with van der Waals surface area (Å²) in [6.45, 7) is 6.51. The summed E-state index contributed by atoms with van der Waals surface area (Å²) < 4.78 is 46.4. The number of nitrogens with zero attached hydrogens (tertiary/aromatic N) is 5. The molecule has 1 atom stereocenters. The van der Waals surface area contributed by atoms with Crippen LogP contribution in [0.25, 0.3) is 17.0 Å². The van der Waals surface area contributed by atoms with Crippen molar-refractivity contribution < 1.29 is 22.6 Å². The fourth-order valence-electron chi connectivity index (χ4n) is 4.65. The van der Waals surface area contributed by atoms with Gasteiger partial charge in [0, 0.05) is 19.5 Å². The lowest BCUT2D eigenvalue weighted by Crippen LogP contribution is -2.29. The Kier molecular flexibility index (Phi) is 9.84. The number of benzene rings is 2. The lowest BCUT2D eigenvalue weighted by Gasteiger charge is -2.19. The molecule has 0 fully saturated rings. The number of nitrogens with one attached hydrogen (secondary N) is 1. The summed E-state index contributed by atoms with van der Waals surface area (Å²) in [7, 11) is 0.740. The van der Waals surface area contributed by atoms with Gasteiger partial charge in [-0.05, 0) is 55.7 Å². The molecule has 226 valence electrons. The van der Waals surface area contributed by atoms with Gasteiger partial charge in [-0.1, -0.05) is 32.8 Å². The van der Waals surface area contributed by atoms with Crippen molar-refractivity contribution in [3.8, 4) is 28.6 Å². The first-order valence-electron chi connectivity index (χ1n) is 13.9. The van der Waals surface area contributed by atoms with Crippen LogP contribution in [0.15, 0.2) is 46.1 Å². The minimum Gasteiger partial charge on any atom is -0.493 e. The van der Waals surface area contributed by atoms with E-state index >= 15 is 0 Å². The number of aromatic amines is 1. The minimum atomic E-state index is -3.90. The minimum absolute atomic E-state index is 0.0273. The molecule has 13 heteroatoms. The van der Waals surface area contributed by atoms with Gasteiger partial charge in [0.25, 0.3) is 5.56 Å². The quantitative estimate of drug-likeness (QED) is 0.228. The molecule has 2 aromatic heterocycles. The van der Waals surface area contributed by atoms with Gasteiger partial charge >= 0.3 is 0 Å². The van der Waals surface area contributed by atoms with Gasteiger partial charge in [-0.25, -0.2) is 12.7 Å². The molecule has 0 aliphatic carbocycles. The number of hydrogen-bond acceptors (Lipinski definition) is 9. The largest absolute Gasteiger partial charge is 0.493 e. The normalized spacial score (nSPS) is 12.5. The molecular formula is C29H38N6O6S. The number of likely N-dealkylation sites (N-methyl/N-ethyl adjacent to an activating group) is 1. The van der Waals surface area contributed by atoms with Gasteiger partial charge in [-0.15, -0.1) is 15.3 Å². The number of sulfonamides is 1. The summed E-state index contributed by atoms with van der Waals surface area (Å²) in [5.74, 6) is 2.32. The van der Waals surface area contributed by atoms with E-state index in [9.17, 15) is 13.2 Å². The number of unbranched alkanes of at least 4 members (excludes halogenated alkanes) is 1. The Balaban J connectivity index is 1.68. The average Bonchev–Trinajstić information content (AvgIpc) is 3.43. The first-order valence-corrected chi connectivity index (χ1v) is 15.4. The first-order chi connectivity index (χ1) is 20.1. The third-order valence-corrected chi connectivity index (χ3v) is 8.96. The van der Waals surface area contributed by atoms with Crippen LogP contribution < -0.4 is 19.8 Å². The van der Waals surface area contributed by atoms with Gasteiger partial charge in [0.1, 0.15) is 5.75 Å². The number of fused-ring (bicyclic) bond motifs is 1. The summed E-state index contributed by atoms with van der Waals surface area (Å²) in [5, 5.41) is 12.9. The second kappa shape index (κ2) is 13.3. The predicted molar refractivity (Wildman–Crippen MR) is 159 cm³/mol. The Hall–Kier alpha value is -3.97. The van der Waals surface area contributed by atoms with E-state index in [1.54, 1.807) is 26.4 Å². The lowest BCUT2D eigenvalue weighted by molar-refractivity contribution is 0.341. The number of hydrogen-bond donors (Lipinski definition) is 1. The van der Waals surface area contributed by atoms with Gasteiger partial charge in [0.15, 0.2) is 23.1 Å². The fraction of sp³-hybridized carbons (Fsp3) is 0.448. The molecule has 4 aromatic rings. The zero-order valence-corrected chi connectivity index (χ0v) is 25.7. The second-order valence-electron chi connectivity index (χ2n) is 10.00. The van der Waals surface area contributed by atoms with E-state index < -0.39 is 15.6 Å². The molecule has 0 amide bonds. The smallest absolute Gasteiger partial charge is 0.296 e. The third-order valence-electron chi connectivity index (χ3n) is 7.11. The van der Waals surface area contributed by atoms with Crippen LogP contribution in [0.2, 0.25) is 0 Å². The highest BCUT2D eigenvalue weighted by molar-refractivity contribution is 7.89. The molecule has 0 bridgehead atoms. The molecule has 42 heavy (non-hydrogen) atoms. The SMILES string of the molecule is CCCCC(C)c1nnc2c(=O)[nH]c(-c3cc(S(=O)(=O)N(C)CCc4ccc(OC)c(OC)c4)ccc3OCC)nn12. The van der Waals surface area contributed by atoms with Crippen molar-refractivity contribution in [3.63, 3.8) is 0 Å². The topological polar surface area (TPSA) is 141 Å². The molecule has 1 unspecified atom stereocenters. The Labute approximate surface area is 245 Å². The van der Waals surface area contributed by atoms with Gasteiger partial charge in [-0.2, -0.15) is 4.52 Å². The highest BCUT2D eigenvalue weighted by Crippen LogP contribution is 2.32. The Morgan fingerprint density at radius 3 is 2.45 bits per heavy atom. The van der Waals surface area contributed by atoms with Gasteiger partial charge in [0.2, 0.25) is 15.7 Å². The van der Waals surface area contributed by atoms with Crippen molar-refractivity contribution >= 4 is 15.7 Å². The maximum absolute atomic E-state index is 13.6. The third kappa shape index (κ3) is 6.41. The van der Waals surface area contributed by atoms with Crippen molar-refractivity contribution in [3.05, 3.63) is 58.1 Å². The summed E-state index contributed by atoms with van der Waals surface area (Å²) in [5.41, 5.74) is 0.832. The number of methoxy groups -OCH3 is 2. The van der Waals surface area contributed by atoms with Crippen LogP contribution in [0.4, 0.5) is 0 Å². The number of H-pyrrole nitrogens is 1. The molecule has 1 N–H and O–H groups in total. The van der Waals surface area contributed by atoms with Gasteiger partial charge in [0.05, 0.1) is 31.3 Å². The highest BCUT2D eigenvalue weighted by Gasteiger charge is 2.25. The van der Waals surface area contributed by atoms with E-state index in [0.717, 1.165) is 24.8 Å². The summed E-state index contributed by atoms with van der Waals surface area (Å²) in [6, 6.07) is 10.0. The molecule has 0 aliphatic heterocycles. The van der Waals surface area contributed by atoms with Crippen LogP contribution >= 0.6 is 0 Å². The monoisotopic (exact) mass is 598 g/mol. The number of rotatable bonds is 14. The molecule has 2 heterocycles. The van der Waals surface area contributed by atoms with Crippen molar-refractivity contribution in [2.45, 2.75) is 57.3 Å². The van der Waals surface area contributed by atoms with Crippen LogP contribution in [0, 0.1) is 0 Å². The predicted octanol–water partition coefficient (Wildman–Crippen LogP) is 4.05. The summed E-state index contributed by atoms with van der Waals surface area (Å²) in [4.78, 5) is 15.8. The molecule has 4 rings (SSSR count). The van der Waals surface area contributed by atoms with Crippen molar-refractivity contribution in [2.75, 3.05) is 34.4 Å². The van der Waals surface area contributed by atoms with Gasteiger partial charge < -0.3 is 19.2 Å². The molecule has 0 spiro atoms. The van der Waals surface area contributed by atoms with E-state index in [4.69, 9.17) is 14.2 Å². The Morgan fingerprint density at radius 1 is 1.02 bits per heavy atom. The highest BCUT2D eigenvalue weighted by atomic mass is 32.2. The van der Waals surface area contributed by atoms with E-state index in [1.807, 2.05) is 26.0 Å². The molecule has 0 saturated heterocycles. The molecule has 2 aromatic carbocycles.